The van der Waals surface area contributed by atoms with E-state index in [1.807, 2.05) is 26.8 Å². The van der Waals surface area contributed by atoms with Crippen molar-refractivity contribution < 1.29 is 14.3 Å². The van der Waals surface area contributed by atoms with Gasteiger partial charge in [-0.15, -0.1) is 0 Å². The van der Waals surface area contributed by atoms with E-state index in [0.717, 1.165) is 25.4 Å². The van der Waals surface area contributed by atoms with E-state index in [9.17, 15) is 9.90 Å². The molecule has 2 atom stereocenters. The van der Waals surface area contributed by atoms with Crippen molar-refractivity contribution in [2.45, 2.75) is 58.6 Å². The first-order valence-corrected chi connectivity index (χ1v) is 8.84. The van der Waals surface area contributed by atoms with Gasteiger partial charge < -0.3 is 25.1 Å². The fraction of sp³-hybridized carbons (Fsp3) is 0.722. The number of aliphatic hydroxyl groups is 1. The number of hydrogen-bond donors (Lipinski definition) is 3. The molecule has 0 bridgehead atoms. The Bertz CT molecular complexity index is 548. The summed E-state index contributed by atoms with van der Waals surface area (Å²) in [4.78, 5) is 14.5. The zero-order valence-electron chi connectivity index (χ0n) is 15.3. The molecule has 1 saturated heterocycles. The van der Waals surface area contributed by atoms with Crippen LogP contribution in [0, 0.1) is 13.8 Å². The lowest BCUT2D eigenvalue weighted by Crippen LogP contribution is -2.49. The molecule has 1 fully saturated rings. The highest BCUT2D eigenvalue weighted by Gasteiger charge is 2.28. The Morgan fingerprint density at radius 1 is 1.38 bits per heavy atom. The first kappa shape index (κ1) is 18.8. The van der Waals surface area contributed by atoms with Crippen molar-refractivity contribution in [2.24, 2.45) is 0 Å². The van der Waals surface area contributed by atoms with Crippen molar-refractivity contribution in [3.8, 4) is 0 Å². The van der Waals surface area contributed by atoms with Crippen molar-refractivity contribution in [1.29, 1.82) is 0 Å². The van der Waals surface area contributed by atoms with Gasteiger partial charge in [-0.25, -0.2) is 4.79 Å². The molecule has 2 heterocycles. The summed E-state index contributed by atoms with van der Waals surface area (Å²) < 4.78 is 5.46. The number of likely N-dealkylation sites (tertiary alicyclic amines) is 1. The summed E-state index contributed by atoms with van der Waals surface area (Å²) in [5.74, 6) is 1.43. The molecular weight excluding hydrogens is 306 g/mol. The Labute approximate surface area is 144 Å². The standard InChI is InChI=1S/C18H31N3O3/c1-13(11-21-8-6-5-7-9-21)20-17(22)19-12-18(4,23)16-10-14(2)24-15(16)3/h10,13,23H,5-9,11-12H2,1-4H3,(H2,19,20,22). The first-order valence-electron chi connectivity index (χ1n) is 8.84. The van der Waals surface area contributed by atoms with Crippen molar-refractivity contribution >= 4 is 6.03 Å². The fourth-order valence-corrected chi connectivity index (χ4v) is 3.36. The van der Waals surface area contributed by atoms with Gasteiger partial charge in [0.05, 0.1) is 6.54 Å². The summed E-state index contributed by atoms with van der Waals surface area (Å²) >= 11 is 0. The normalized spacial score (nSPS) is 19.5. The van der Waals surface area contributed by atoms with Gasteiger partial charge in [-0.3, -0.25) is 0 Å². The second-order valence-corrected chi connectivity index (χ2v) is 7.19. The Morgan fingerprint density at radius 3 is 2.62 bits per heavy atom. The van der Waals surface area contributed by atoms with Crippen LogP contribution in [0.4, 0.5) is 4.79 Å². The Balaban J connectivity index is 1.78. The van der Waals surface area contributed by atoms with Crippen molar-refractivity contribution in [1.82, 2.24) is 15.5 Å². The minimum atomic E-state index is -1.16. The van der Waals surface area contributed by atoms with Crippen LogP contribution in [0.25, 0.3) is 0 Å². The van der Waals surface area contributed by atoms with Crippen LogP contribution >= 0.6 is 0 Å². The molecule has 1 aromatic rings. The third-order valence-corrected chi connectivity index (χ3v) is 4.57. The molecular formula is C18H31N3O3. The Morgan fingerprint density at radius 2 is 2.04 bits per heavy atom. The maximum absolute atomic E-state index is 12.1. The number of nitrogens with one attached hydrogen (secondary N) is 2. The molecule has 6 nitrogen and oxygen atoms in total. The quantitative estimate of drug-likeness (QED) is 0.744. The maximum atomic E-state index is 12.1. The van der Waals surface area contributed by atoms with Crippen LogP contribution in [0.2, 0.25) is 0 Å². The van der Waals surface area contributed by atoms with Gasteiger partial charge in [0.15, 0.2) is 0 Å². The van der Waals surface area contributed by atoms with E-state index in [1.54, 1.807) is 6.92 Å². The molecule has 6 heteroatoms. The van der Waals surface area contributed by atoms with Crippen LogP contribution in [-0.2, 0) is 5.60 Å². The highest BCUT2D eigenvalue weighted by atomic mass is 16.3. The number of hydrogen-bond acceptors (Lipinski definition) is 4. The number of amides is 2. The molecule has 2 amide bonds. The summed E-state index contributed by atoms with van der Waals surface area (Å²) in [6.45, 7) is 10.6. The third-order valence-electron chi connectivity index (χ3n) is 4.57. The Kier molecular flexibility index (Phi) is 6.29. The molecule has 2 rings (SSSR count). The van der Waals surface area contributed by atoms with Crippen molar-refractivity contribution in [3.63, 3.8) is 0 Å². The second kappa shape index (κ2) is 8.03. The summed E-state index contributed by atoms with van der Waals surface area (Å²) in [6.07, 6.45) is 3.79. The van der Waals surface area contributed by atoms with Gasteiger partial charge in [0.1, 0.15) is 17.1 Å². The minimum absolute atomic E-state index is 0.0750. The lowest BCUT2D eigenvalue weighted by molar-refractivity contribution is 0.0577. The number of carbonyl (C=O) groups is 1. The van der Waals surface area contributed by atoms with Gasteiger partial charge in [0, 0.05) is 18.2 Å². The molecule has 0 spiro atoms. The largest absolute Gasteiger partial charge is 0.466 e. The number of carbonyl (C=O) groups excluding carboxylic acids is 1. The predicted molar refractivity (Wildman–Crippen MR) is 94.0 cm³/mol. The first-order chi connectivity index (χ1) is 11.3. The summed E-state index contributed by atoms with van der Waals surface area (Å²) in [5, 5.41) is 16.3. The fourth-order valence-electron chi connectivity index (χ4n) is 3.36. The molecule has 1 aliphatic rings. The lowest BCUT2D eigenvalue weighted by atomic mass is 9.96. The van der Waals surface area contributed by atoms with Crippen molar-refractivity contribution in [3.05, 3.63) is 23.2 Å². The van der Waals surface area contributed by atoms with E-state index >= 15 is 0 Å². The molecule has 0 aromatic carbocycles. The van der Waals surface area contributed by atoms with Crippen LogP contribution in [0.1, 0.15) is 50.2 Å². The molecule has 3 N–H and O–H groups in total. The second-order valence-electron chi connectivity index (χ2n) is 7.19. The SMILES string of the molecule is Cc1cc(C(C)(O)CNC(=O)NC(C)CN2CCCCC2)c(C)o1. The van der Waals surface area contributed by atoms with E-state index in [-0.39, 0.29) is 18.6 Å². The van der Waals surface area contributed by atoms with E-state index < -0.39 is 5.60 Å². The van der Waals surface area contributed by atoms with Crippen LogP contribution in [0.5, 0.6) is 0 Å². The molecule has 0 aliphatic carbocycles. The number of aryl methyl sites for hydroxylation is 2. The highest BCUT2D eigenvalue weighted by Crippen LogP contribution is 2.26. The van der Waals surface area contributed by atoms with E-state index in [4.69, 9.17) is 4.42 Å². The third kappa shape index (κ3) is 5.24. The van der Waals surface area contributed by atoms with Crippen molar-refractivity contribution in [2.75, 3.05) is 26.2 Å². The van der Waals surface area contributed by atoms with Crippen LogP contribution < -0.4 is 10.6 Å². The van der Waals surface area contributed by atoms with Crippen LogP contribution in [0.3, 0.4) is 0 Å². The summed E-state index contributed by atoms with van der Waals surface area (Å²) in [5.41, 5.74) is -0.448. The number of piperidine rings is 1. The van der Waals surface area contributed by atoms with Gasteiger partial charge in [0.25, 0.3) is 0 Å². The topological polar surface area (TPSA) is 77.7 Å². The van der Waals surface area contributed by atoms with Gasteiger partial charge in [0.2, 0.25) is 0 Å². The average Bonchev–Trinajstić information content (AvgIpc) is 2.86. The molecule has 1 aromatic heterocycles. The van der Waals surface area contributed by atoms with Crippen LogP contribution in [-0.4, -0.2) is 48.3 Å². The van der Waals surface area contributed by atoms with Gasteiger partial charge >= 0.3 is 6.03 Å². The number of furan rings is 1. The molecule has 136 valence electrons. The maximum Gasteiger partial charge on any atom is 0.315 e. The molecule has 2 unspecified atom stereocenters. The zero-order chi connectivity index (χ0) is 17.7. The smallest absolute Gasteiger partial charge is 0.315 e. The zero-order valence-corrected chi connectivity index (χ0v) is 15.3. The minimum Gasteiger partial charge on any atom is -0.466 e. The highest BCUT2D eigenvalue weighted by molar-refractivity contribution is 5.74. The number of nitrogens with zero attached hydrogens (tertiary/aromatic N) is 1. The average molecular weight is 337 g/mol. The number of rotatable bonds is 6. The molecule has 1 aliphatic heterocycles. The molecule has 24 heavy (non-hydrogen) atoms. The lowest BCUT2D eigenvalue weighted by Gasteiger charge is -2.29. The molecule has 0 radical (unpaired) electrons. The number of urea groups is 1. The van der Waals surface area contributed by atoms with E-state index in [2.05, 4.69) is 15.5 Å². The van der Waals surface area contributed by atoms with Crippen LogP contribution in [0.15, 0.2) is 10.5 Å². The van der Waals surface area contributed by atoms with Gasteiger partial charge in [-0.1, -0.05) is 6.42 Å². The monoisotopic (exact) mass is 337 g/mol. The molecule has 0 saturated carbocycles. The van der Waals surface area contributed by atoms with E-state index in [1.165, 1.54) is 19.3 Å². The van der Waals surface area contributed by atoms with Gasteiger partial charge in [-0.2, -0.15) is 0 Å². The summed E-state index contributed by atoms with van der Waals surface area (Å²) in [7, 11) is 0. The predicted octanol–water partition coefficient (Wildman–Crippen LogP) is 2.28. The van der Waals surface area contributed by atoms with Gasteiger partial charge in [-0.05, 0) is 59.7 Å². The summed E-state index contributed by atoms with van der Waals surface area (Å²) in [6, 6.07) is 1.64. The van der Waals surface area contributed by atoms with E-state index in [0.29, 0.717) is 11.3 Å². The Hall–Kier alpha value is -1.53.